The van der Waals surface area contributed by atoms with Gasteiger partial charge in [-0.05, 0) is 47.5 Å². The fraction of sp³-hybridized carbons (Fsp3) is 0.905. The molecule has 0 N–H and O–H groups in total. The SMILES string of the molecule is CC(=O)N1CC2(CCN2C(C)(C)CCC(=O)N2CCN(C(C)(C)C)CC2)C1. The number of likely N-dealkylation sites (tertiary alicyclic amines) is 2. The second-order valence-electron chi connectivity index (χ2n) is 10.4. The molecule has 1 spiro atoms. The summed E-state index contributed by atoms with van der Waals surface area (Å²) in [5.74, 6) is 0.472. The molecule has 3 rings (SSSR count). The average Bonchev–Trinajstić information content (AvgIpc) is 2.49. The molecule has 27 heavy (non-hydrogen) atoms. The van der Waals surface area contributed by atoms with E-state index in [1.807, 2.05) is 9.80 Å². The molecule has 0 unspecified atom stereocenters. The molecule has 3 saturated heterocycles. The highest BCUT2D eigenvalue weighted by Gasteiger charge is 2.57. The van der Waals surface area contributed by atoms with E-state index in [1.54, 1.807) is 6.92 Å². The van der Waals surface area contributed by atoms with Crippen molar-refractivity contribution in [2.24, 2.45) is 0 Å². The molecule has 6 heteroatoms. The summed E-state index contributed by atoms with van der Waals surface area (Å²) in [7, 11) is 0. The van der Waals surface area contributed by atoms with Gasteiger partial charge in [-0.25, -0.2) is 0 Å². The number of amides is 2. The molecule has 6 nitrogen and oxygen atoms in total. The molecule has 3 aliphatic rings. The van der Waals surface area contributed by atoms with Crippen molar-refractivity contribution in [3.8, 4) is 0 Å². The molecule has 0 radical (unpaired) electrons. The standard InChI is InChI=1S/C21H38N4O2/c1-17(26)23-15-21(16-23)9-10-25(21)20(5,6)8-7-18(27)22-11-13-24(14-12-22)19(2,3)4/h7-16H2,1-6H3. The molecule has 154 valence electrons. The summed E-state index contributed by atoms with van der Waals surface area (Å²) in [6, 6.07) is 0. The molecule has 2 amide bonds. The Labute approximate surface area is 164 Å². The van der Waals surface area contributed by atoms with Gasteiger partial charge < -0.3 is 9.80 Å². The third-order valence-electron chi connectivity index (χ3n) is 7.05. The van der Waals surface area contributed by atoms with Crippen LogP contribution in [0.4, 0.5) is 0 Å². The van der Waals surface area contributed by atoms with Crippen LogP contribution in [0.15, 0.2) is 0 Å². The fourth-order valence-electron chi connectivity index (χ4n) is 5.03. The second kappa shape index (κ2) is 7.03. The Morgan fingerprint density at radius 3 is 1.93 bits per heavy atom. The van der Waals surface area contributed by atoms with Crippen LogP contribution in [0.3, 0.4) is 0 Å². The van der Waals surface area contributed by atoms with Crippen molar-refractivity contribution < 1.29 is 9.59 Å². The van der Waals surface area contributed by atoms with Crippen LogP contribution in [0.5, 0.6) is 0 Å². The van der Waals surface area contributed by atoms with Gasteiger partial charge in [-0.15, -0.1) is 0 Å². The van der Waals surface area contributed by atoms with E-state index in [9.17, 15) is 9.59 Å². The normalized spacial score (nSPS) is 23.9. The Kier molecular flexibility index (Phi) is 5.36. The molecule has 3 heterocycles. The van der Waals surface area contributed by atoms with Crippen LogP contribution in [0.1, 0.15) is 60.8 Å². The number of piperazine rings is 1. The first-order valence-corrected chi connectivity index (χ1v) is 10.5. The number of carbonyl (C=O) groups excluding carboxylic acids is 2. The van der Waals surface area contributed by atoms with E-state index in [2.05, 4.69) is 44.4 Å². The molecule has 3 fully saturated rings. The maximum Gasteiger partial charge on any atom is 0.222 e. The van der Waals surface area contributed by atoms with Gasteiger partial charge in [-0.1, -0.05) is 0 Å². The van der Waals surface area contributed by atoms with Crippen LogP contribution >= 0.6 is 0 Å². The fourth-order valence-corrected chi connectivity index (χ4v) is 5.03. The first-order valence-electron chi connectivity index (χ1n) is 10.5. The highest BCUT2D eigenvalue weighted by atomic mass is 16.2. The molecular weight excluding hydrogens is 340 g/mol. The van der Waals surface area contributed by atoms with Gasteiger partial charge in [-0.2, -0.15) is 0 Å². The maximum absolute atomic E-state index is 12.8. The molecule has 0 saturated carbocycles. The van der Waals surface area contributed by atoms with E-state index in [0.717, 1.165) is 52.2 Å². The molecule has 0 aliphatic carbocycles. The zero-order valence-electron chi connectivity index (χ0n) is 18.2. The minimum Gasteiger partial charge on any atom is -0.340 e. The predicted octanol–water partition coefficient (Wildman–Crippen LogP) is 1.79. The number of rotatable bonds is 4. The Morgan fingerprint density at radius 2 is 1.48 bits per heavy atom. The van der Waals surface area contributed by atoms with Crippen LogP contribution in [-0.4, -0.2) is 93.8 Å². The third kappa shape index (κ3) is 4.02. The smallest absolute Gasteiger partial charge is 0.222 e. The van der Waals surface area contributed by atoms with Gasteiger partial charge in [0.15, 0.2) is 0 Å². The first kappa shape index (κ1) is 20.6. The van der Waals surface area contributed by atoms with Gasteiger partial charge >= 0.3 is 0 Å². The van der Waals surface area contributed by atoms with Crippen LogP contribution in [0.2, 0.25) is 0 Å². The van der Waals surface area contributed by atoms with Gasteiger partial charge in [0.05, 0.1) is 5.54 Å². The zero-order chi connectivity index (χ0) is 20.0. The number of carbonyl (C=O) groups is 2. The quantitative estimate of drug-likeness (QED) is 0.748. The summed E-state index contributed by atoms with van der Waals surface area (Å²) in [6.07, 6.45) is 2.67. The lowest BCUT2D eigenvalue weighted by Gasteiger charge is -2.67. The Bertz CT molecular complexity index is 581. The van der Waals surface area contributed by atoms with E-state index in [-0.39, 0.29) is 22.5 Å². The van der Waals surface area contributed by atoms with Crippen LogP contribution in [-0.2, 0) is 9.59 Å². The van der Waals surface area contributed by atoms with Crippen LogP contribution in [0, 0.1) is 0 Å². The lowest BCUT2D eigenvalue weighted by atomic mass is 9.73. The van der Waals surface area contributed by atoms with Crippen molar-refractivity contribution in [1.29, 1.82) is 0 Å². The Hall–Kier alpha value is -1.14. The van der Waals surface area contributed by atoms with Crippen LogP contribution in [0.25, 0.3) is 0 Å². The molecule has 0 aromatic rings. The van der Waals surface area contributed by atoms with Crippen molar-refractivity contribution in [3.63, 3.8) is 0 Å². The molecule has 0 aromatic heterocycles. The highest BCUT2D eigenvalue weighted by Crippen LogP contribution is 2.45. The minimum absolute atomic E-state index is 0.00399. The van der Waals surface area contributed by atoms with Gasteiger partial charge in [-0.3, -0.25) is 19.4 Å². The summed E-state index contributed by atoms with van der Waals surface area (Å²) in [5, 5.41) is 0. The van der Waals surface area contributed by atoms with E-state index in [4.69, 9.17) is 0 Å². The number of hydrogen-bond donors (Lipinski definition) is 0. The second-order valence-corrected chi connectivity index (χ2v) is 10.4. The van der Waals surface area contributed by atoms with E-state index in [0.29, 0.717) is 12.3 Å². The lowest BCUT2D eigenvalue weighted by molar-refractivity contribution is -0.180. The molecule has 0 aromatic carbocycles. The van der Waals surface area contributed by atoms with Gasteiger partial charge in [0.2, 0.25) is 11.8 Å². The van der Waals surface area contributed by atoms with Gasteiger partial charge in [0, 0.05) is 70.2 Å². The molecule has 0 bridgehead atoms. The summed E-state index contributed by atoms with van der Waals surface area (Å²) >= 11 is 0. The average molecular weight is 379 g/mol. The monoisotopic (exact) mass is 378 g/mol. The summed E-state index contributed by atoms with van der Waals surface area (Å²) in [6.45, 7) is 19.3. The van der Waals surface area contributed by atoms with Crippen molar-refractivity contribution in [3.05, 3.63) is 0 Å². The van der Waals surface area contributed by atoms with Gasteiger partial charge in [0.25, 0.3) is 0 Å². The number of hydrogen-bond acceptors (Lipinski definition) is 4. The first-order chi connectivity index (χ1) is 12.4. The van der Waals surface area contributed by atoms with E-state index >= 15 is 0 Å². The minimum atomic E-state index is 0.00399. The molecular formula is C21H38N4O2. The Morgan fingerprint density at radius 1 is 0.889 bits per heavy atom. The lowest BCUT2D eigenvalue weighted by Crippen LogP contribution is -2.80. The van der Waals surface area contributed by atoms with Crippen LogP contribution < -0.4 is 0 Å². The predicted molar refractivity (Wildman–Crippen MR) is 108 cm³/mol. The molecule has 3 aliphatic heterocycles. The van der Waals surface area contributed by atoms with Gasteiger partial charge in [0.1, 0.15) is 0 Å². The van der Waals surface area contributed by atoms with Crippen molar-refractivity contribution in [2.45, 2.75) is 77.4 Å². The zero-order valence-corrected chi connectivity index (χ0v) is 18.2. The largest absolute Gasteiger partial charge is 0.340 e. The maximum atomic E-state index is 12.8. The number of nitrogens with zero attached hydrogens (tertiary/aromatic N) is 4. The summed E-state index contributed by atoms with van der Waals surface area (Å²) < 4.78 is 0. The van der Waals surface area contributed by atoms with E-state index in [1.165, 1.54) is 6.42 Å². The highest BCUT2D eigenvalue weighted by molar-refractivity contribution is 5.76. The topological polar surface area (TPSA) is 47.1 Å². The van der Waals surface area contributed by atoms with Crippen molar-refractivity contribution >= 4 is 11.8 Å². The Balaban J connectivity index is 1.47. The van der Waals surface area contributed by atoms with Crippen molar-refractivity contribution in [2.75, 3.05) is 45.8 Å². The third-order valence-corrected chi connectivity index (χ3v) is 7.05. The molecule has 0 atom stereocenters. The van der Waals surface area contributed by atoms with E-state index < -0.39 is 0 Å². The van der Waals surface area contributed by atoms with Crippen molar-refractivity contribution in [1.82, 2.24) is 19.6 Å². The summed E-state index contributed by atoms with van der Waals surface area (Å²) in [5.41, 5.74) is 0.361. The summed E-state index contributed by atoms with van der Waals surface area (Å²) in [4.78, 5) is 33.3.